The maximum atomic E-state index is 13.7. The predicted molar refractivity (Wildman–Crippen MR) is 80.8 cm³/mol. The van der Waals surface area contributed by atoms with Gasteiger partial charge in [0.25, 0.3) is 0 Å². The molecule has 0 saturated heterocycles. The zero-order valence-electron chi connectivity index (χ0n) is 11.8. The minimum absolute atomic E-state index is 0.0581. The molecule has 114 valence electrons. The fraction of sp³-hybridized carbons (Fsp3) is 0.188. The van der Waals surface area contributed by atoms with Crippen LogP contribution in [0, 0.1) is 18.6 Å². The van der Waals surface area contributed by atoms with E-state index in [2.05, 4.69) is 5.32 Å². The van der Waals surface area contributed by atoms with Crippen LogP contribution in [0.5, 0.6) is 0 Å². The van der Waals surface area contributed by atoms with E-state index in [4.69, 9.17) is 11.6 Å². The van der Waals surface area contributed by atoms with Crippen LogP contribution in [0.15, 0.2) is 30.3 Å². The number of rotatable bonds is 1. The zero-order valence-corrected chi connectivity index (χ0v) is 12.5. The van der Waals surface area contributed by atoms with Crippen LogP contribution in [0.4, 0.5) is 19.3 Å². The van der Waals surface area contributed by atoms with Crippen LogP contribution in [-0.4, -0.2) is 10.9 Å². The molecule has 1 heterocycles. The van der Waals surface area contributed by atoms with Gasteiger partial charge in [-0.1, -0.05) is 29.8 Å². The van der Waals surface area contributed by atoms with Gasteiger partial charge in [0, 0.05) is 18.1 Å². The molecular weight excluding hydrogens is 310 g/mol. The van der Waals surface area contributed by atoms with Gasteiger partial charge in [0.05, 0.1) is 0 Å². The normalized spacial score (nSPS) is 13.2. The van der Waals surface area contributed by atoms with Gasteiger partial charge in [-0.25, -0.2) is 13.6 Å². The summed E-state index contributed by atoms with van der Waals surface area (Å²) in [6.07, 6.45) is 0. The molecule has 0 fully saturated rings. The summed E-state index contributed by atoms with van der Waals surface area (Å²) in [4.78, 5) is 13.7. The Morgan fingerprint density at radius 3 is 2.55 bits per heavy atom. The first-order valence-electron chi connectivity index (χ1n) is 6.73. The zero-order chi connectivity index (χ0) is 15.9. The van der Waals surface area contributed by atoms with E-state index in [9.17, 15) is 13.6 Å². The van der Waals surface area contributed by atoms with Crippen LogP contribution < -0.4 is 5.32 Å². The highest BCUT2D eigenvalue weighted by atomic mass is 35.5. The summed E-state index contributed by atoms with van der Waals surface area (Å²) in [6, 6.07) is 7.22. The Morgan fingerprint density at radius 1 is 1.23 bits per heavy atom. The Bertz CT molecular complexity index is 741. The third-order valence-corrected chi connectivity index (χ3v) is 3.96. The van der Waals surface area contributed by atoms with Crippen molar-refractivity contribution in [3.63, 3.8) is 0 Å². The number of hydrogen-bond acceptors (Lipinski definition) is 1. The van der Waals surface area contributed by atoms with E-state index in [1.165, 1.54) is 4.90 Å². The van der Waals surface area contributed by atoms with Gasteiger partial charge in [0.2, 0.25) is 0 Å². The fourth-order valence-electron chi connectivity index (χ4n) is 2.58. The number of fused-ring (bicyclic) bond motifs is 1. The molecular formula is C16H13ClF2N2O. The lowest BCUT2D eigenvalue weighted by Crippen LogP contribution is -2.31. The Hall–Kier alpha value is -2.14. The molecule has 0 spiro atoms. The van der Waals surface area contributed by atoms with E-state index >= 15 is 0 Å². The Balaban J connectivity index is 1.79. The van der Waals surface area contributed by atoms with Gasteiger partial charge in [-0.3, -0.25) is 0 Å². The summed E-state index contributed by atoms with van der Waals surface area (Å²) < 4.78 is 27.5. The third-order valence-electron chi connectivity index (χ3n) is 3.74. The van der Waals surface area contributed by atoms with Crippen molar-refractivity contribution < 1.29 is 13.6 Å². The second-order valence-corrected chi connectivity index (χ2v) is 5.68. The number of carbonyl (C=O) groups is 1. The summed E-state index contributed by atoms with van der Waals surface area (Å²) in [5, 5.41) is 2.22. The minimum Gasteiger partial charge on any atom is -0.316 e. The SMILES string of the molecule is Cc1cccc2c1CN(C(=O)Nc1c(F)cc(Cl)cc1F)C2. The molecule has 1 aliphatic rings. The highest BCUT2D eigenvalue weighted by Gasteiger charge is 2.25. The molecule has 0 aromatic heterocycles. The number of anilines is 1. The lowest BCUT2D eigenvalue weighted by atomic mass is 10.1. The molecule has 1 N–H and O–H groups in total. The molecule has 2 aromatic rings. The van der Waals surface area contributed by atoms with E-state index in [0.29, 0.717) is 13.1 Å². The number of urea groups is 1. The number of amides is 2. The summed E-state index contributed by atoms with van der Waals surface area (Å²) >= 11 is 5.56. The van der Waals surface area contributed by atoms with Crippen LogP contribution in [-0.2, 0) is 13.1 Å². The first kappa shape index (κ1) is 14.8. The van der Waals surface area contributed by atoms with Crippen molar-refractivity contribution in [3.8, 4) is 0 Å². The second-order valence-electron chi connectivity index (χ2n) is 5.24. The first-order chi connectivity index (χ1) is 10.5. The summed E-state index contributed by atoms with van der Waals surface area (Å²) in [5.74, 6) is -1.79. The van der Waals surface area contributed by atoms with Crippen LogP contribution in [0.1, 0.15) is 16.7 Å². The molecule has 0 radical (unpaired) electrons. The van der Waals surface area contributed by atoms with Gasteiger partial charge < -0.3 is 10.2 Å². The first-order valence-corrected chi connectivity index (χ1v) is 7.11. The molecule has 1 aliphatic heterocycles. The Morgan fingerprint density at radius 2 is 1.91 bits per heavy atom. The van der Waals surface area contributed by atoms with Crippen LogP contribution >= 0.6 is 11.6 Å². The third kappa shape index (κ3) is 2.64. The van der Waals surface area contributed by atoms with Crippen molar-refractivity contribution in [2.24, 2.45) is 0 Å². The van der Waals surface area contributed by atoms with Crippen LogP contribution in [0.2, 0.25) is 5.02 Å². The molecule has 22 heavy (non-hydrogen) atoms. The molecule has 3 nitrogen and oxygen atoms in total. The number of benzene rings is 2. The summed E-state index contributed by atoms with van der Waals surface area (Å²) in [6.45, 7) is 2.81. The summed E-state index contributed by atoms with van der Waals surface area (Å²) in [7, 11) is 0. The number of nitrogens with one attached hydrogen (secondary N) is 1. The van der Waals surface area contributed by atoms with E-state index in [1.54, 1.807) is 0 Å². The number of aryl methyl sites for hydroxylation is 1. The van der Waals surface area contributed by atoms with Crippen molar-refractivity contribution in [2.75, 3.05) is 5.32 Å². The van der Waals surface area contributed by atoms with Gasteiger partial charge >= 0.3 is 6.03 Å². The van der Waals surface area contributed by atoms with Crippen molar-refractivity contribution >= 4 is 23.3 Å². The van der Waals surface area contributed by atoms with Gasteiger partial charge in [0.1, 0.15) is 5.69 Å². The van der Waals surface area contributed by atoms with Gasteiger partial charge in [-0.15, -0.1) is 0 Å². The topological polar surface area (TPSA) is 32.3 Å². The van der Waals surface area contributed by atoms with Crippen molar-refractivity contribution in [3.05, 3.63) is 63.7 Å². The predicted octanol–water partition coefficient (Wildman–Crippen LogP) is 4.47. The maximum Gasteiger partial charge on any atom is 0.322 e. The van der Waals surface area contributed by atoms with Gasteiger partial charge in [-0.05, 0) is 35.7 Å². The Kier molecular flexibility index (Phi) is 3.74. The number of hydrogen-bond donors (Lipinski definition) is 1. The lowest BCUT2D eigenvalue weighted by Gasteiger charge is -2.17. The van der Waals surface area contributed by atoms with Crippen molar-refractivity contribution in [2.45, 2.75) is 20.0 Å². The average Bonchev–Trinajstić information content (AvgIpc) is 2.88. The number of halogens is 3. The van der Waals surface area contributed by atoms with Crippen molar-refractivity contribution in [1.29, 1.82) is 0 Å². The highest BCUT2D eigenvalue weighted by Crippen LogP contribution is 2.28. The largest absolute Gasteiger partial charge is 0.322 e. The van der Waals surface area contributed by atoms with Gasteiger partial charge in [0.15, 0.2) is 11.6 Å². The van der Waals surface area contributed by atoms with Gasteiger partial charge in [-0.2, -0.15) is 0 Å². The molecule has 2 amide bonds. The monoisotopic (exact) mass is 322 g/mol. The molecule has 0 unspecified atom stereocenters. The van der Waals surface area contributed by atoms with Crippen LogP contribution in [0.3, 0.4) is 0 Å². The quantitative estimate of drug-likeness (QED) is 0.825. The molecule has 0 atom stereocenters. The molecule has 0 saturated carbocycles. The summed E-state index contributed by atoms with van der Waals surface area (Å²) in [5.41, 5.74) is 2.74. The molecule has 2 aromatic carbocycles. The molecule has 0 aliphatic carbocycles. The fourth-order valence-corrected chi connectivity index (χ4v) is 2.77. The number of nitrogens with zero attached hydrogens (tertiary/aromatic N) is 1. The number of carbonyl (C=O) groups excluding carboxylic acids is 1. The standard InChI is InChI=1S/C16H13ClF2N2O/c1-9-3-2-4-10-7-21(8-12(9)10)16(22)20-15-13(18)5-11(17)6-14(15)19/h2-6H,7-8H2,1H3,(H,20,22). The van der Waals surface area contributed by atoms with Crippen LogP contribution in [0.25, 0.3) is 0 Å². The van der Waals surface area contributed by atoms with E-state index < -0.39 is 23.4 Å². The minimum atomic E-state index is -0.897. The van der Waals surface area contributed by atoms with Crippen molar-refractivity contribution in [1.82, 2.24) is 4.90 Å². The average molecular weight is 323 g/mol. The van der Waals surface area contributed by atoms with E-state index in [-0.39, 0.29) is 5.02 Å². The van der Waals surface area contributed by atoms with E-state index in [1.807, 2.05) is 25.1 Å². The maximum absolute atomic E-state index is 13.7. The lowest BCUT2D eigenvalue weighted by molar-refractivity contribution is 0.212. The Labute approximate surface area is 131 Å². The van der Waals surface area contributed by atoms with E-state index in [0.717, 1.165) is 28.8 Å². The smallest absolute Gasteiger partial charge is 0.316 e. The molecule has 3 rings (SSSR count). The highest BCUT2D eigenvalue weighted by molar-refractivity contribution is 6.30. The second kappa shape index (κ2) is 5.57. The molecule has 0 bridgehead atoms. The molecule has 6 heteroatoms.